The van der Waals surface area contributed by atoms with Crippen molar-refractivity contribution in [3.63, 3.8) is 0 Å². The van der Waals surface area contributed by atoms with Crippen molar-refractivity contribution in [2.24, 2.45) is 0 Å². The Balaban J connectivity index is 2.41. The van der Waals surface area contributed by atoms with E-state index in [4.69, 9.17) is 11.6 Å². The molecule has 0 saturated heterocycles. The van der Waals surface area contributed by atoms with Crippen molar-refractivity contribution >= 4 is 23.4 Å². The van der Waals surface area contributed by atoms with Crippen molar-refractivity contribution < 1.29 is 5.11 Å². The van der Waals surface area contributed by atoms with Crippen LogP contribution in [0.25, 0.3) is 0 Å². The lowest BCUT2D eigenvalue weighted by Crippen LogP contribution is -2.32. The largest absolute Gasteiger partial charge is 0.388 e. The molecule has 0 aliphatic rings. The number of benzene rings is 1. The van der Waals surface area contributed by atoms with Crippen LogP contribution in [-0.2, 0) is 0 Å². The summed E-state index contributed by atoms with van der Waals surface area (Å²) < 4.78 is 0. The predicted molar refractivity (Wildman–Crippen MR) is 81.5 cm³/mol. The van der Waals surface area contributed by atoms with Gasteiger partial charge in [-0.2, -0.15) is 11.8 Å². The van der Waals surface area contributed by atoms with E-state index in [0.717, 1.165) is 24.3 Å². The fourth-order valence-electron chi connectivity index (χ4n) is 1.77. The van der Waals surface area contributed by atoms with E-state index in [9.17, 15) is 5.11 Å². The Kier molecular flexibility index (Phi) is 7.08. The van der Waals surface area contributed by atoms with Crippen LogP contribution in [0.2, 0.25) is 5.02 Å². The summed E-state index contributed by atoms with van der Waals surface area (Å²) in [6.45, 7) is 3.11. The van der Waals surface area contributed by atoms with Gasteiger partial charge >= 0.3 is 0 Å². The maximum Gasteiger partial charge on any atom is 0.0802 e. The molecule has 0 fully saturated rings. The van der Waals surface area contributed by atoms with E-state index in [1.807, 2.05) is 36.0 Å². The number of halogens is 1. The summed E-state index contributed by atoms with van der Waals surface area (Å²) in [6.07, 6.45) is 2.45. The first-order valence-corrected chi connectivity index (χ1v) is 7.94. The average molecular weight is 288 g/mol. The van der Waals surface area contributed by atoms with E-state index in [0.29, 0.717) is 11.1 Å². The smallest absolute Gasteiger partial charge is 0.0802 e. The van der Waals surface area contributed by atoms with Crippen LogP contribution in [0.1, 0.15) is 25.0 Å². The Hall–Kier alpha value is -0.220. The van der Waals surface area contributed by atoms with E-state index in [-0.39, 0.29) is 0 Å². The van der Waals surface area contributed by atoms with Gasteiger partial charge in [0.1, 0.15) is 0 Å². The van der Waals surface area contributed by atoms with Crippen LogP contribution in [-0.4, -0.2) is 41.6 Å². The second-order valence-electron chi connectivity index (χ2n) is 4.64. The monoisotopic (exact) mass is 287 g/mol. The summed E-state index contributed by atoms with van der Waals surface area (Å²) in [6, 6.07) is 7.95. The van der Waals surface area contributed by atoms with E-state index < -0.39 is 6.10 Å². The molecule has 2 unspecified atom stereocenters. The number of hydrogen-bond donors (Lipinski definition) is 1. The molecule has 1 N–H and O–H groups in total. The van der Waals surface area contributed by atoms with E-state index in [1.165, 1.54) is 0 Å². The number of hydrogen-bond acceptors (Lipinski definition) is 3. The molecule has 4 heteroatoms. The van der Waals surface area contributed by atoms with Gasteiger partial charge in [-0.05, 0) is 44.3 Å². The summed E-state index contributed by atoms with van der Waals surface area (Å²) in [4.78, 5) is 2.29. The molecule has 1 aromatic carbocycles. The van der Waals surface area contributed by atoms with Crippen molar-refractivity contribution in [2.45, 2.75) is 25.5 Å². The molecule has 1 rings (SSSR count). The third-order valence-electron chi connectivity index (χ3n) is 3.17. The summed E-state index contributed by atoms with van der Waals surface area (Å²) >= 11 is 7.68. The lowest BCUT2D eigenvalue weighted by molar-refractivity contribution is 0.142. The highest BCUT2D eigenvalue weighted by molar-refractivity contribution is 7.98. The van der Waals surface area contributed by atoms with Crippen molar-refractivity contribution in [2.75, 3.05) is 25.6 Å². The number of nitrogens with zero attached hydrogens (tertiary/aromatic N) is 1. The number of thioether (sulfide) groups is 1. The topological polar surface area (TPSA) is 23.5 Å². The maximum atomic E-state index is 10.1. The molecule has 18 heavy (non-hydrogen) atoms. The molecule has 0 saturated carbocycles. The van der Waals surface area contributed by atoms with Crippen molar-refractivity contribution in [1.82, 2.24) is 4.90 Å². The van der Waals surface area contributed by atoms with Crippen LogP contribution in [0.4, 0.5) is 0 Å². The zero-order valence-corrected chi connectivity index (χ0v) is 12.8. The van der Waals surface area contributed by atoms with Crippen molar-refractivity contribution in [3.8, 4) is 0 Å². The SMILES string of the molecule is CSCC(C)N(C)CCC(O)c1ccc(Cl)cc1. The molecule has 0 amide bonds. The minimum Gasteiger partial charge on any atom is -0.388 e. The van der Waals surface area contributed by atoms with E-state index in [2.05, 4.69) is 25.1 Å². The molecular weight excluding hydrogens is 266 g/mol. The van der Waals surface area contributed by atoms with Crippen LogP contribution in [0, 0.1) is 0 Å². The lowest BCUT2D eigenvalue weighted by Gasteiger charge is -2.25. The first kappa shape index (κ1) is 15.8. The van der Waals surface area contributed by atoms with Gasteiger partial charge in [-0.15, -0.1) is 0 Å². The lowest BCUT2D eigenvalue weighted by atomic mass is 10.1. The second-order valence-corrected chi connectivity index (χ2v) is 5.99. The highest BCUT2D eigenvalue weighted by Crippen LogP contribution is 2.19. The van der Waals surface area contributed by atoms with Gasteiger partial charge in [-0.25, -0.2) is 0 Å². The third kappa shape index (κ3) is 5.19. The van der Waals surface area contributed by atoms with E-state index >= 15 is 0 Å². The highest BCUT2D eigenvalue weighted by atomic mass is 35.5. The van der Waals surface area contributed by atoms with Gasteiger partial charge in [0.15, 0.2) is 0 Å². The van der Waals surface area contributed by atoms with Crippen LogP contribution < -0.4 is 0 Å². The number of aliphatic hydroxyl groups excluding tert-OH is 1. The standard InChI is InChI=1S/C14H22ClNOS/c1-11(10-18-3)16(2)9-8-14(17)12-4-6-13(15)7-5-12/h4-7,11,14,17H,8-10H2,1-3H3. The molecule has 1 aromatic rings. The van der Waals surface area contributed by atoms with Crippen LogP contribution >= 0.6 is 23.4 Å². The first-order chi connectivity index (χ1) is 8.54. The zero-order chi connectivity index (χ0) is 13.5. The molecule has 0 bridgehead atoms. The second kappa shape index (κ2) is 8.05. The van der Waals surface area contributed by atoms with Gasteiger partial charge in [-0.3, -0.25) is 0 Å². The molecule has 0 aliphatic carbocycles. The molecule has 2 nitrogen and oxygen atoms in total. The van der Waals surface area contributed by atoms with Crippen molar-refractivity contribution in [3.05, 3.63) is 34.9 Å². The molecular formula is C14H22ClNOS. The highest BCUT2D eigenvalue weighted by Gasteiger charge is 2.12. The van der Waals surface area contributed by atoms with Gasteiger partial charge in [0.2, 0.25) is 0 Å². The van der Waals surface area contributed by atoms with Crippen LogP contribution in [0.5, 0.6) is 0 Å². The average Bonchev–Trinajstić information content (AvgIpc) is 2.36. The van der Waals surface area contributed by atoms with Gasteiger partial charge in [-0.1, -0.05) is 23.7 Å². The van der Waals surface area contributed by atoms with Crippen molar-refractivity contribution in [1.29, 1.82) is 0 Å². The Morgan fingerprint density at radius 3 is 2.50 bits per heavy atom. The summed E-state index contributed by atoms with van der Waals surface area (Å²) in [5.41, 5.74) is 0.935. The van der Waals surface area contributed by atoms with Gasteiger partial charge < -0.3 is 10.0 Å². The predicted octanol–water partition coefficient (Wildman–Crippen LogP) is 3.45. The van der Waals surface area contributed by atoms with Crippen LogP contribution in [0.3, 0.4) is 0 Å². The third-order valence-corrected chi connectivity index (χ3v) is 4.24. The molecule has 0 aliphatic heterocycles. The summed E-state index contributed by atoms with van der Waals surface area (Å²) in [7, 11) is 2.11. The zero-order valence-electron chi connectivity index (χ0n) is 11.3. The molecule has 102 valence electrons. The summed E-state index contributed by atoms with van der Waals surface area (Å²) in [5.74, 6) is 1.12. The fourth-order valence-corrected chi connectivity index (χ4v) is 2.63. The quantitative estimate of drug-likeness (QED) is 0.831. The fraction of sp³-hybridized carbons (Fsp3) is 0.571. The molecule has 0 spiro atoms. The molecule has 2 atom stereocenters. The van der Waals surface area contributed by atoms with Gasteiger partial charge in [0.25, 0.3) is 0 Å². The normalized spacial score (nSPS) is 14.8. The first-order valence-electron chi connectivity index (χ1n) is 6.17. The molecule has 0 radical (unpaired) electrons. The Labute approximate surface area is 119 Å². The summed E-state index contributed by atoms with van der Waals surface area (Å²) in [5, 5.41) is 10.8. The van der Waals surface area contributed by atoms with Gasteiger partial charge in [0, 0.05) is 23.4 Å². The Bertz CT molecular complexity index is 344. The minimum absolute atomic E-state index is 0.411. The Morgan fingerprint density at radius 2 is 1.94 bits per heavy atom. The van der Waals surface area contributed by atoms with Gasteiger partial charge in [0.05, 0.1) is 6.10 Å². The number of rotatable bonds is 7. The minimum atomic E-state index is -0.411. The van der Waals surface area contributed by atoms with Crippen LogP contribution in [0.15, 0.2) is 24.3 Å². The maximum absolute atomic E-state index is 10.1. The number of aliphatic hydroxyl groups is 1. The molecule has 0 aromatic heterocycles. The van der Waals surface area contributed by atoms with E-state index in [1.54, 1.807) is 0 Å². The molecule has 0 heterocycles. The Morgan fingerprint density at radius 1 is 1.33 bits per heavy atom.